The van der Waals surface area contributed by atoms with Gasteiger partial charge in [0, 0.05) is 5.54 Å². The van der Waals surface area contributed by atoms with Gasteiger partial charge in [-0.2, -0.15) is 0 Å². The molecule has 1 aromatic carbocycles. The number of amides is 2. The maximum Gasteiger partial charge on any atom is 0.315 e. The van der Waals surface area contributed by atoms with E-state index in [2.05, 4.69) is 10.6 Å². The second-order valence-corrected chi connectivity index (χ2v) is 8.52. The van der Waals surface area contributed by atoms with Crippen LogP contribution in [0.2, 0.25) is 0 Å². The van der Waals surface area contributed by atoms with Crippen molar-refractivity contribution in [3.63, 3.8) is 0 Å². The Kier molecular flexibility index (Phi) is 4.38. The molecular weight excluding hydrogens is 312 g/mol. The van der Waals surface area contributed by atoms with Crippen LogP contribution in [0.15, 0.2) is 24.3 Å². The molecule has 0 radical (unpaired) electrons. The van der Waals surface area contributed by atoms with Crippen LogP contribution in [-0.2, 0) is 0 Å². The lowest BCUT2D eigenvalue weighted by molar-refractivity contribution is -0.0136. The molecule has 1 aromatic rings. The Balaban J connectivity index is 1.35. The number of hydrogen-bond acceptors (Lipinski definition) is 2. The fourth-order valence-electron chi connectivity index (χ4n) is 5.84. The van der Waals surface area contributed by atoms with E-state index in [9.17, 15) is 4.79 Å². The van der Waals surface area contributed by atoms with Crippen LogP contribution in [0.5, 0.6) is 5.75 Å². The fraction of sp³-hybridized carbons (Fsp3) is 0.667. The summed E-state index contributed by atoms with van der Waals surface area (Å²) >= 11 is 0. The van der Waals surface area contributed by atoms with E-state index in [0.29, 0.717) is 6.61 Å². The third-order valence-electron chi connectivity index (χ3n) is 6.46. The van der Waals surface area contributed by atoms with Crippen LogP contribution in [0.1, 0.15) is 64.0 Å². The summed E-state index contributed by atoms with van der Waals surface area (Å²) in [5.41, 5.74) is 1.17. The molecule has 4 aliphatic rings. The SMILES string of the molecule is CCOc1ccc([C@@H](C)NC(=O)NC23CC4CC(CC(C4)C2)C3)cc1. The average molecular weight is 342 g/mol. The Morgan fingerprint density at radius 2 is 1.68 bits per heavy atom. The number of urea groups is 1. The number of hydrogen-bond donors (Lipinski definition) is 2. The predicted molar refractivity (Wildman–Crippen MR) is 98.6 cm³/mol. The normalized spacial score (nSPS) is 33.8. The van der Waals surface area contributed by atoms with Crippen LogP contribution in [0.25, 0.3) is 0 Å². The number of carbonyl (C=O) groups excluding carboxylic acids is 1. The molecule has 2 amide bonds. The largest absolute Gasteiger partial charge is 0.494 e. The highest BCUT2D eigenvalue weighted by molar-refractivity contribution is 5.75. The number of rotatable bonds is 5. The van der Waals surface area contributed by atoms with Gasteiger partial charge in [0.15, 0.2) is 0 Å². The second-order valence-electron chi connectivity index (χ2n) is 8.52. The lowest BCUT2D eigenvalue weighted by Gasteiger charge is -2.56. The minimum atomic E-state index is -0.0108. The molecule has 5 rings (SSSR count). The van der Waals surface area contributed by atoms with E-state index in [1.165, 1.54) is 38.5 Å². The van der Waals surface area contributed by atoms with Gasteiger partial charge in [0.1, 0.15) is 5.75 Å². The summed E-state index contributed by atoms with van der Waals surface area (Å²) in [6.45, 7) is 4.68. The summed E-state index contributed by atoms with van der Waals surface area (Å²) < 4.78 is 5.48. The molecule has 136 valence electrons. The summed E-state index contributed by atoms with van der Waals surface area (Å²) in [7, 11) is 0. The first-order valence-corrected chi connectivity index (χ1v) is 9.86. The average Bonchev–Trinajstić information content (AvgIpc) is 2.53. The molecule has 4 aliphatic carbocycles. The lowest BCUT2D eigenvalue weighted by atomic mass is 9.53. The summed E-state index contributed by atoms with van der Waals surface area (Å²) in [4.78, 5) is 12.6. The molecule has 0 aliphatic heterocycles. The Bertz CT molecular complexity index is 590. The van der Waals surface area contributed by atoms with Crippen LogP contribution >= 0.6 is 0 Å². The molecule has 1 atom stereocenters. The molecule has 0 aromatic heterocycles. The van der Waals surface area contributed by atoms with Crippen molar-refractivity contribution in [1.29, 1.82) is 0 Å². The van der Waals surface area contributed by atoms with Crippen LogP contribution in [0, 0.1) is 17.8 Å². The lowest BCUT2D eigenvalue weighted by Crippen LogP contribution is -2.61. The van der Waals surface area contributed by atoms with E-state index in [4.69, 9.17) is 4.74 Å². The smallest absolute Gasteiger partial charge is 0.315 e. The topological polar surface area (TPSA) is 50.4 Å². The number of carbonyl (C=O) groups is 1. The third-order valence-corrected chi connectivity index (χ3v) is 6.46. The van der Waals surface area contributed by atoms with Crippen LogP contribution in [0.3, 0.4) is 0 Å². The molecule has 4 saturated carbocycles. The molecule has 4 nitrogen and oxygen atoms in total. The highest BCUT2D eigenvalue weighted by Crippen LogP contribution is 2.55. The first-order valence-electron chi connectivity index (χ1n) is 9.86. The zero-order valence-corrected chi connectivity index (χ0v) is 15.4. The Labute approximate surface area is 150 Å². The first kappa shape index (κ1) is 16.7. The standard InChI is InChI=1S/C21H30N2O2/c1-3-25-19-6-4-18(5-7-19)14(2)22-20(24)23-21-11-15-8-16(12-21)10-17(9-15)13-21/h4-7,14-17H,3,8-13H2,1-2H3,(H2,22,23,24)/t14-,15?,16?,17?,21?/m1/s1. The minimum Gasteiger partial charge on any atom is -0.494 e. The van der Waals surface area contributed by atoms with Gasteiger partial charge < -0.3 is 15.4 Å². The summed E-state index contributed by atoms with van der Waals surface area (Å²) in [6, 6.07) is 7.97. The maximum atomic E-state index is 12.6. The summed E-state index contributed by atoms with van der Waals surface area (Å²) in [5.74, 6) is 3.40. The Morgan fingerprint density at radius 3 is 2.20 bits per heavy atom. The minimum absolute atomic E-state index is 0.00964. The van der Waals surface area contributed by atoms with Gasteiger partial charge in [-0.3, -0.25) is 0 Å². The second kappa shape index (κ2) is 6.54. The molecular formula is C21H30N2O2. The van der Waals surface area contributed by atoms with E-state index in [1.807, 2.05) is 38.1 Å². The van der Waals surface area contributed by atoms with Gasteiger partial charge in [-0.05, 0) is 87.8 Å². The highest BCUT2D eigenvalue weighted by Gasteiger charge is 2.51. The van der Waals surface area contributed by atoms with Crippen LogP contribution < -0.4 is 15.4 Å². The summed E-state index contributed by atoms with van der Waals surface area (Å²) in [5, 5.41) is 6.51. The molecule has 0 heterocycles. The number of nitrogens with one attached hydrogen (secondary N) is 2. The highest BCUT2D eigenvalue weighted by atomic mass is 16.5. The van der Waals surface area contributed by atoms with E-state index >= 15 is 0 Å². The van der Waals surface area contributed by atoms with Crippen molar-refractivity contribution >= 4 is 6.03 Å². The van der Waals surface area contributed by atoms with Gasteiger partial charge >= 0.3 is 6.03 Å². The predicted octanol–water partition coefficient (Wildman–Crippen LogP) is 4.41. The molecule has 0 saturated heterocycles. The van der Waals surface area contributed by atoms with Crippen molar-refractivity contribution < 1.29 is 9.53 Å². The van der Waals surface area contributed by atoms with E-state index in [-0.39, 0.29) is 17.6 Å². The van der Waals surface area contributed by atoms with Crippen molar-refractivity contribution in [3.8, 4) is 5.75 Å². The monoisotopic (exact) mass is 342 g/mol. The zero-order chi connectivity index (χ0) is 17.4. The quantitative estimate of drug-likeness (QED) is 0.832. The van der Waals surface area contributed by atoms with Crippen LogP contribution in [0.4, 0.5) is 4.79 Å². The molecule has 4 fully saturated rings. The van der Waals surface area contributed by atoms with Gasteiger partial charge in [0.05, 0.1) is 12.6 Å². The fourth-order valence-corrected chi connectivity index (χ4v) is 5.84. The van der Waals surface area contributed by atoms with Gasteiger partial charge in [-0.1, -0.05) is 12.1 Å². The Hall–Kier alpha value is -1.71. The van der Waals surface area contributed by atoms with Gasteiger partial charge in [0.2, 0.25) is 0 Å². The zero-order valence-electron chi connectivity index (χ0n) is 15.4. The first-order chi connectivity index (χ1) is 12.0. The van der Waals surface area contributed by atoms with Gasteiger partial charge in [0.25, 0.3) is 0 Å². The van der Waals surface area contributed by atoms with Crippen molar-refractivity contribution in [2.24, 2.45) is 17.8 Å². The van der Waals surface area contributed by atoms with Crippen molar-refractivity contribution in [2.45, 2.75) is 64.0 Å². The van der Waals surface area contributed by atoms with Gasteiger partial charge in [-0.25, -0.2) is 4.79 Å². The van der Waals surface area contributed by atoms with Crippen LogP contribution in [-0.4, -0.2) is 18.2 Å². The molecule has 0 spiro atoms. The van der Waals surface area contributed by atoms with Crippen molar-refractivity contribution in [3.05, 3.63) is 29.8 Å². The van der Waals surface area contributed by atoms with E-state index in [1.54, 1.807) is 0 Å². The maximum absolute atomic E-state index is 12.6. The molecule has 0 unspecified atom stereocenters. The van der Waals surface area contributed by atoms with Gasteiger partial charge in [-0.15, -0.1) is 0 Å². The number of ether oxygens (including phenoxy) is 1. The Morgan fingerprint density at radius 1 is 1.12 bits per heavy atom. The molecule has 4 heteroatoms. The van der Waals surface area contributed by atoms with E-state index < -0.39 is 0 Å². The molecule has 2 N–H and O–H groups in total. The molecule has 4 bridgehead atoms. The van der Waals surface area contributed by atoms with Crippen molar-refractivity contribution in [2.75, 3.05) is 6.61 Å². The van der Waals surface area contributed by atoms with E-state index in [0.717, 1.165) is 29.1 Å². The molecule has 25 heavy (non-hydrogen) atoms. The van der Waals surface area contributed by atoms with Crippen molar-refractivity contribution in [1.82, 2.24) is 10.6 Å². The summed E-state index contributed by atoms with van der Waals surface area (Å²) in [6.07, 6.45) is 7.74. The number of benzene rings is 1. The third kappa shape index (κ3) is 3.49.